The second-order valence-corrected chi connectivity index (χ2v) is 5.39. The van der Waals surface area contributed by atoms with E-state index in [0.717, 1.165) is 11.4 Å². The first-order valence-corrected chi connectivity index (χ1v) is 7.73. The number of benzene rings is 2. The van der Waals surface area contributed by atoms with Gasteiger partial charge < -0.3 is 10.6 Å². The fraction of sp³-hybridized carbons (Fsp3) is 0. The molecule has 0 aliphatic heterocycles. The van der Waals surface area contributed by atoms with Crippen LogP contribution in [0.4, 0.5) is 17.1 Å². The molecule has 0 unspecified atom stereocenters. The summed E-state index contributed by atoms with van der Waals surface area (Å²) in [6, 6.07) is 21.1. The number of pyridine rings is 1. The van der Waals surface area contributed by atoms with Crippen molar-refractivity contribution < 1.29 is 4.79 Å². The number of amides is 1. The SMILES string of the molecule is N#Cc1ccc(NC(=O)c2ccc(Nc3ccc(C#N)cc3)cn2)cc1. The van der Waals surface area contributed by atoms with Gasteiger partial charge in [-0.25, -0.2) is 4.98 Å². The number of carbonyl (C=O) groups excluding carboxylic acids is 1. The number of nitrogens with zero attached hydrogens (tertiary/aromatic N) is 3. The zero-order valence-corrected chi connectivity index (χ0v) is 13.6. The predicted molar refractivity (Wildman–Crippen MR) is 97.8 cm³/mol. The van der Waals surface area contributed by atoms with Crippen LogP contribution in [0.1, 0.15) is 21.6 Å². The highest BCUT2D eigenvalue weighted by atomic mass is 16.1. The Morgan fingerprint density at radius 3 is 1.81 bits per heavy atom. The minimum Gasteiger partial charge on any atom is -0.354 e. The van der Waals surface area contributed by atoms with Gasteiger partial charge in [-0.2, -0.15) is 10.5 Å². The van der Waals surface area contributed by atoms with Crippen molar-refractivity contribution in [3.8, 4) is 12.1 Å². The fourth-order valence-electron chi connectivity index (χ4n) is 2.22. The van der Waals surface area contributed by atoms with Gasteiger partial charge in [-0.05, 0) is 60.7 Å². The van der Waals surface area contributed by atoms with Crippen LogP contribution in [0, 0.1) is 22.7 Å². The molecule has 26 heavy (non-hydrogen) atoms. The molecule has 1 amide bonds. The number of anilines is 3. The predicted octanol–water partition coefficient (Wildman–Crippen LogP) is 3.82. The van der Waals surface area contributed by atoms with E-state index in [4.69, 9.17) is 10.5 Å². The van der Waals surface area contributed by atoms with Gasteiger partial charge in [0.1, 0.15) is 5.69 Å². The van der Waals surface area contributed by atoms with Crippen molar-refractivity contribution in [3.05, 3.63) is 83.7 Å². The largest absolute Gasteiger partial charge is 0.354 e. The minimum atomic E-state index is -0.334. The third-order valence-electron chi connectivity index (χ3n) is 3.57. The maximum absolute atomic E-state index is 12.2. The first-order chi connectivity index (χ1) is 12.7. The Labute approximate surface area is 150 Å². The fourth-order valence-corrected chi connectivity index (χ4v) is 2.22. The van der Waals surface area contributed by atoms with Gasteiger partial charge in [0.25, 0.3) is 5.91 Å². The van der Waals surface area contributed by atoms with Crippen molar-refractivity contribution in [1.82, 2.24) is 4.98 Å². The second-order valence-electron chi connectivity index (χ2n) is 5.39. The quantitative estimate of drug-likeness (QED) is 0.752. The number of nitriles is 2. The molecular weight excluding hydrogens is 326 g/mol. The summed E-state index contributed by atoms with van der Waals surface area (Å²) in [5.41, 5.74) is 3.53. The summed E-state index contributed by atoms with van der Waals surface area (Å²) in [7, 11) is 0. The van der Waals surface area contributed by atoms with Crippen molar-refractivity contribution >= 4 is 23.0 Å². The molecule has 0 aliphatic rings. The van der Waals surface area contributed by atoms with Gasteiger partial charge in [-0.15, -0.1) is 0 Å². The molecular formula is C20H13N5O. The summed E-state index contributed by atoms with van der Waals surface area (Å²) in [4.78, 5) is 16.4. The monoisotopic (exact) mass is 339 g/mol. The molecule has 0 saturated carbocycles. The van der Waals surface area contributed by atoms with E-state index in [2.05, 4.69) is 21.7 Å². The lowest BCUT2D eigenvalue weighted by Gasteiger charge is -2.08. The standard InChI is InChI=1S/C20H13N5O/c21-11-14-1-5-16(6-2-14)24-18-9-10-19(23-13-18)20(26)25-17-7-3-15(12-22)4-8-17/h1-10,13,24H,(H,25,26). The molecule has 1 aromatic heterocycles. The van der Waals surface area contributed by atoms with Gasteiger partial charge in [-0.1, -0.05) is 0 Å². The maximum Gasteiger partial charge on any atom is 0.274 e. The van der Waals surface area contributed by atoms with Crippen LogP contribution in [0.3, 0.4) is 0 Å². The highest BCUT2D eigenvalue weighted by molar-refractivity contribution is 6.03. The van der Waals surface area contributed by atoms with Gasteiger partial charge >= 0.3 is 0 Å². The van der Waals surface area contributed by atoms with Gasteiger partial charge in [0.05, 0.1) is 35.1 Å². The van der Waals surface area contributed by atoms with E-state index in [1.807, 2.05) is 6.07 Å². The topological polar surface area (TPSA) is 102 Å². The molecule has 3 rings (SSSR count). The molecule has 0 atom stereocenters. The van der Waals surface area contributed by atoms with Crippen LogP contribution in [0.25, 0.3) is 0 Å². The number of rotatable bonds is 4. The molecule has 6 heteroatoms. The lowest BCUT2D eigenvalue weighted by atomic mass is 10.2. The Morgan fingerprint density at radius 1 is 0.769 bits per heavy atom. The molecule has 0 bridgehead atoms. The van der Waals surface area contributed by atoms with Crippen molar-refractivity contribution in [3.63, 3.8) is 0 Å². The lowest BCUT2D eigenvalue weighted by molar-refractivity contribution is 0.102. The highest BCUT2D eigenvalue weighted by Gasteiger charge is 2.08. The first-order valence-electron chi connectivity index (χ1n) is 7.73. The van der Waals surface area contributed by atoms with E-state index in [1.54, 1.807) is 66.9 Å². The maximum atomic E-state index is 12.2. The normalized spacial score (nSPS) is 9.62. The van der Waals surface area contributed by atoms with Crippen LogP contribution in [0.2, 0.25) is 0 Å². The van der Waals surface area contributed by atoms with Gasteiger partial charge in [-0.3, -0.25) is 4.79 Å². The molecule has 0 radical (unpaired) electrons. The lowest BCUT2D eigenvalue weighted by Crippen LogP contribution is -2.13. The number of aromatic nitrogens is 1. The van der Waals surface area contributed by atoms with Crippen molar-refractivity contribution in [2.24, 2.45) is 0 Å². The highest BCUT2D eigenvalue weighted by Crippen LogP contribution is 2.17. The molecule has 0 aliphatic carbocycles. The van der Waals surface area contributed by atoms with Crippen LogP contribution >= 0.6 is 0 Å². The second kappa shape index (κ2) is 7.61. The Kier molecular flexibility index (Phi) is 4.88. The molecule has 2 aromatic carbocycles. The summed E-state index contributed by atoms with van der Waals surface area (Å²) >= 11 is 0. The van der Waals surface area contributed by atoms with Crippen molar-refractivity contribution in [2.45, 2.75) is 0 Å². The smallest absolute Gasteiger partial charge is 0.274 e. The van der Waals surface area contributed by atoms with Crippen LogP contribution in [-0.2, 0) is 0 Å². The van der Waals surface area contributed by atoms with Crippen LogP contribution in [0.15, 0.2) is 66.9 Å². The van der Waals surface area contributed by atoms with E-state index in [9.17, 15) is 4.79 Å². The van der Waals surface area contributed by atoms with Crippen molar-refractivity contribution in [2.75, 3.05) is 10.6 Å². The van der Waals surface area contributed by atoms with Gasteiger partial charge in [0.2, 0.25) is 0 Å². The number of carbonyl (C=O) groups is 1. The van der Waals surface area contributed by atoms with Crippen molar-refractivity contribution in [1.29, 1.82) is 10.5 Å². The third-order valence-corrected chi connectivity index (χ3v) is 3.57. The average molecular weight is 339 g/mol. The van der Waals surface area contributed by atoms with E-state index < -0.39 is 0 Å². The molecule has 3 aromatic rings. The molecule has 1 heterocycles. The summed E-state index contributed by atoms with van der Waals surface area (Å²) in [6.07, 6.45) is 1.56. The van der Waals surface area contributed by atoms with Crippen LogP contribution in [-0.4, -0.2) is 10.9 Å². The van der Waals surface area contributed by atoms with E-state index in [1.165, 1.54) is 0 Å². The molecule has 124 valence electrons. The summed E-state index contributed by atoms with van der Waals surface area (Å²) in [5.74, 6) is -0.334. The zero-order chi connectivity index (χ0) is 18.4. The van der Waals surface area contributed by atoms with Crippen LogP contribution in [0.5, 0.6) is 0 Å². The van der Waals surface area contributed by atoms with Gasteiger partial charge in [0, 0.05) is 11.4 Å². The Morgan fingerprint density at radius 2 is 1.31 bits per heavy atom. The van der Waals surface area contributed by atoms with Gasteiger partial charge in [0.15, 0.2) is 0 Å². The third kappa shape index (κ3) is 4.02. The molecule has 0 saturated heterocycles. The molecule has 2 N–H and O–H groups in total. The first kappa shape index (κ1) is 16.7. The van der Waals surface area contributed by atoms with E-state index >= 15 is 0 Å². The molecule has 0 fully saturated rings. The summed E-state index contributed by atoms with van der Waals surface area (Å²) < 4.78 is 0. The zero-order valence-electron chi connectivity index (χ0n) is 13.6. The Hall–Kier alpha value is -4.16. The Balaban J connectivity index is 1.65. The van der Waals surface area contributed by atoms with E-state index in [0.29, 0.717) is 16.8 Å². The molecule has 0 spiro atoms. The van der Waals surface area contributed by atoms with E-state index in [-0.39, 0.29) is 11.6 Å². The minimum absolute atomic E-state index is 0.278. The summed E-state index contributed by atoms with van der Waals surface area (Å²) in [6.45, 7) is 0. The molecule has 6 nitrogen and oxygen atoms in total. The number of nitrogens with one attached hydrogen (secondary N) is 2. The Bertz CT molecular complexity index is 995. The summed E-state index contributed by atoms with van der Waals surface area (Å²) in [5, 5.41) is 23.5. The van der Waals surface area contributed by atoms with Crippen LogP contribution < -0.4 is 10.6 Å². The number of hydrogen-bond acceptors (Lipinski definition) is 5. The number of hydrogen-bond donors (Lipinski definition) is 2. The average Bonchev–Trinajstić information content (AvgIpc) is 2.69.